The van der Waals surface area contributed by atoms with Gasteiger partial charge < -0.3 is 10.0 Å². The van der Waals surface area contributed by atoms with E-state index in [0.29, 0.717) is 5.56 Å². The van der Waals surface area contributed by atoms with Gasteiger partial charge in [-0.1, -0.05) is 6.07 Å². The molecule has 17 heavy (non-hydrogen) atoms. The number of aliphatic carboxylic acids is 1. The van der Waals surface area contributed by atoms with E-state index in [2.05, 4.69) is 0 Å². The maximum absolute atomic E-state index is 13.6. The molecule has 1 aromatic rings. The van der Waals surface area contributed by atoms with Crippen molar-refractivity contribution >= 4 is 18.0 Å². The Morgan fingerprint density at radius 1 is 1.35 bits per heavy atom. The monoisotopic (exact) mass is 237 g/mol. The van der Waals surface area contributed by atoms with Crippen LogP contribution in [-0.4, -0.2) is 36.0 Å². The molecule has 0 fully saturated rings. The smallest absolute Gasteiger partial charge is 0.328 e. The number of carboxylic acids is 1. The number of halogens is 1. The Bertz CT molecular complexity index is 481. The molecule has 0 saturated heterocycles. The molecule has 0 aliphatic rings. The first kappa shape index (κ1) is 12.9. The Balaban J connectivity index is 3.02. The molecule has 1 N–H and O–H groups in total. The average molecular weight is 237 g/mol. The molecular formula is C12H12FNO3. The van der Waals surface area contributed by atoms with E-state index in [4.69, 9.17) is 5.11 Å². The number of amides is 1. The van der Waals surface area contributed by atoms with E-state index in [9.17, 15) is 14.0 Å². The molecule has 0 atom stereocenters. The van der Waals surface area contributed by atoms with Crippen molar-refractivity contribution in [2.24, 2.45) is 0 Å². The maximum atomic E-state index is 13.6. The first-order chi connectivity index (χ1) is 7.91. The summed E-state index contributed by atoms with van der Waals surface area (Å²) in [5, 5.41) is 8.42. The summed E-state index contributed by atoms with van der Waals surface area (Å²) < 4.78 is 13.6. The molecule has 5 heteroatoms. The highest BCUT2D eigenvalue weighted by molar-refractivity contribution is 5.94. The van der Waals surface area contributed by atoms with Gasteiger partial charge in [0.25, 0.3) is 5.91 Å². The lowest BCUT2D eigenvalue weighted by Gasteiger charge is -2.10. The second kappa shape index (κ2) is 5.25. The van der Waals surface area contributed by atoms with Crippen LogP contribution in [0.5, 0.6) is 0 Å². The van der Waals surface area contributed by atoms with E-state index >= 15 is 0 Å². The number of hydrogen-bond acceptors (Lipinski definition) is 2. The topological polar surface area (TPSA) is 57.6 Å². The molecule has 1 aromatic carbocycles. The normalized spacial score (nSPS) is 10.5. The molecule has 0 saturated carbocycles. The first-order valence-electron chi connectivity index (χ1n) is 4.84. The Hall–Kier alpha value is -2.17. The first-order valence-corrected chi connectivity index (χ1v) is 4.84. The fourth-order valence-corrected chi connectivity index (χ4v) is 1.22. The molecule has 4 nitrogen and oxygen atoms in total. The van der Waals surface area contributed by atoms with Crippen LogP contribution in [0.2, 0.25) is 0 Å². The van der Waals surface area contributed by atoms with E-state index in [1.54, 1.807) is 0 Å². The third-order valence-corrected chi connectivity index (χ3v) is 2.05. The van der Waals surface area contributed by atoms with E-state index in [1.165, 1.54) is 37.2 Å². The third-order valence-electron chi connectivity index (χ3n) is 2.05. The highest BCUT2D eigenvalue weighted by Crippen LogP contribution is 2.13. The Morgan fingerprint density at radius 3 is 2.47 bits per heavy atom. The van der Waals surface area contributed by atoms with Crippen LogP contribution in [0.4, 0.5) is 4.39 Å². The van der Waals surface area contributed by atoms with Crippen LogP contribution < -0.4 is 0 Å². The zero-order valence-electron chi connectivity index (χ0n) is 9.48. The minimum atomic E-state index is -1.11. The van der Waals surface area contributed by atoms with Crippen molar-refractivity contribution in [2.75, 3.05) is 14.1 Å². The van der Waals surface area contributed by atoms with Crippen molar-refractivity contribution in [1.29, 1.82) is 0 Å². The van der Waals surface area contributed by atoms with Crippen LogP contribution in [0.3, 0.4) is 0 Å². The molecule has 90 valence electrons. The van der Waals surface area contributed by atoms with Crippen LogP contribution >= 0.6 is 0 Å². The SMILES string of the molecule is CN(C)C(=O)c1ccc(/C=C/C(=O)O)cc1F. The summed E-state index contributed by atoms with van der Waals surface area (Å²) in [7, 11) is 3.06. The summed E-state index contributed by atoms with van der Waals surface area (Å²) in [6.45, 7) is 0. The molecule has 0 aliphatic carbocycles. The maximum Gasteiger partial charge on any atom is 0.328 e. The fraction of sp³-hybridized carbons (Fsp3) is 0.167. The summed E-state index contributed by atoms with van der Waals surface area (Å²) in [6, 6.07) is 3.94. The summed E-state index contributed by atoms with van der Waals surface area (Å²) in [5.41, 5.74) is 0.350. The number of benzene rings is 1. The van der Waals surface area contributed by atoms with Crippen molar-refractivity contribution in [3.8, 4) is 0 Å². The summed E-state index contributed by atoms with van der Waals surface area (Å²) in [5.74, 6) is -2.22. The second-order valence-corrected chi connectivity index (χ2v) is 3.61. The molecule has 1 rings (SSSR count). The highest BCUT2D eigenvalue weighted by atomic mass is 19.1. The van der Waals surface area contributed by atoms with Crippen molar-refractivity contribution in [1.82, 2.24) is 4.90 Å². The average Bonchev–Trinajstić information content (AvgIpc) is 2.25. The zero-order chi connectivity index (χ0) is 13.0. The Labute approximate surface area is 98.0 Å². The second-order valence-electron chi connectivity index (χ2n) is 3.61. The predicted octanol–water partition coefficient (Wildman–Crippen LogP) is 1.63. The van der Waals surface area contributed by atoms with Crippen molar-refractivity contribution in [2.45, 2.75) is 0 Å². The van der Waals surface area contributed by atoms with Gasteiger partial charge in [-0.15, -0.1) is 0 Å². The van der Waals surface area contributed by atoms with Gasteiger partial charge in [0.05, 0.1) is 5.56 Å². The van der Waals surface area contributed by atoms with Crippen LogP contribution in [-0.2, 0) is 4.79 Å². The van der Waals surface area contributed by atoms with Gasteiger partial charge in [-0.05, 0) is 23.8 Å². The molecule has 0 heterocycles. The molecule has 0 unspecified atom stereocenters. The van der Waals surface area contributed by atoms with E-state index in [1.807, 2.05) is 0 Å². The van der Waals surface area contributed by atoms with Gasteiger partial charge >= 0.3 is 5.97 Å². The van der Waals surface area contributed by atoms with Crippen molar-refractivity contribution in [3.05, 3.63) is 41.2 Å². The van der Waals surface area contributed by atoms with Crippen LogP contribution in [0.1, 0.15) is 15.9 Å². The Kier molecular flexibility index (Phi) is 3.98. The molecule has 0 bridgehead atoms. The zero-order valence-corrected chi connectivity index (χ0v) is 9.48. The number of carbonyl (C=O) groups excluding carboxylic acids is 1. The van der Waals surface area contributed by atoms with Gasteiger partial charge in [0.2, 0.25) is 0 Å². The lowest BCUT2D eigenvalue weighted by Crippen LogP contribution is -2.22. The van der Waals surface area contributed by atoms with Gasteiger partial charge in [0.15, 0.2) is 0 Å². The molecule has 1 amide bonds. The van der Waals surface area contributed by atoms with E-state index in [-0.39, 0.29) is 5.56 Å². The number of hydrogen-bond donors (Lipinski definition) is 1. The van der Waals surface area contributed by atoms with Crippen LogP contribution in [0.25, 0.3) is 6.08 Å². The molecular weight excluding hydrogens is 225 g/mol. The predicted molar refractivity (Wildman–Crippen MR) is 61.1 cm³/mol. The standard InChI is InChI=1S/C12H12FNO3/c1-14(2)12(17)9-5-3-8(7-10(9)13)4-6-11(15)16/h3-7H,1-2H3,(H,15,16)/b6-4+. The highest BCUT2D eigenvalue weighted by Gasteiger charge is 2.13. The lowest BCUT2D eigenvalue weighted by atomic mass is 10.1. The number of rotatable bonds is 3. The Morgan fingerprint density at radius 2 is 2.00 bits per heavy atom. The largest absolute Gasteiger partial charge is 0.478 e. The van der Waals surface area contributed by atoms with Crippen LogP contribution in [0.15, 0.2) is 24.3 Å². The quantitative estimate of drug-likeness (QED) is 0.813. The molecule has 0 radical (unpaired) electrons. The molecule has 0 aromatic heterocycles. The van der Waals surface area contributed by atoms with Gasteiger partial charge in [0, 0.05) is 20.2 Å². The summed E-state index contributed by atoms with van der Waals surface area (Å²) in [4.78, 5) is 23.1. The van der Waals surface area contributed by atoms with Crippen molar-refractivity contribution < 1.29 is 19.1 Å². The number of carbonyl (C=O) groups is 2. The fourth-order valence-electron chi connectivity index (χ4n) is 1.22. The minimum absolute atomic E-state index is 0.0394. The summed E-state index contributed by atoms with van der Waals surface area (Å²) >= 11 is 0. The van der Waals surface area contributed by atoms with E-state index in [0.717, 1.165) is 12.1 Å². The number of carboxylic acid groups (broad SMARTS) is 1. The van der Waals surface area contributed by atoms with E-state index < -0.39 is 17.7 Å². The molecule has 0 spiro atoms. The van der Waals surface area contributed by atoms with Gasteiger partial charge in [-0.3, -0.25) is 4.79 Å². The van der Waals surface area contributed by atoms with Crippen molar-refractivity contribution in [3.63, 3.8) is 0 Å². The lowest BCUT2D eigenvalue weighted by molar-refractivity contribution is -0.131. The molecule has 0 aliphatic heterocycles. The minimum Gasteiger partial charge on any atom is -0.478 e. The number of nitrogens with zero attached hydrogens (tertiary/aromatic N) is 1. The third kappa shape index (κ3) is 3.41. The van der Waals surface area contributed by atoms with Gasteiger partial charge in [-0.2, -0.15) is 0 Å². The van der Waals surface area contributed by atoms with Gasteiger partial charge in [0.1, 0.15) is 5.82 Å². The van der Waals surface area contributed by atoms with Gasteiger partial charge in [-0.25, -0.2) is 9.18 Å². The summed E-state index contributed by atoms with van der Waals surface area (Å²) in [6.07, 6.45) is 2.16. The van der Waals surface area contributed by atoms with Crippen LogP contribution in [0, 0.1) is 5.82 Å².